The number of carbonyl (C=O) groups is 2. The maximum Gasteiger partial charge on any atom is 0.325 e. The van der Waals surface area contributed by atoms with E-state index in [0.717, 1.165) is 29.6 Å². The van der Waals surface area contributed by atoms with Gasteiger partial charge in [-0.05, 0) is 31.9 Å². The molecule has 3 amide bonds. The molecule has 2 heterocycles. The van der Waals surface area contributed by atoms with Crippen molar-refractivity contribution in [3.05, 3.63) is 35.7 Å². The Kier molecular flexibility index (Phi) is 4.70. The summed E-state index contributed by atoms with van der Waals surface area (Å²) in [4.78, 5) is 35.9. The highest BCUT2D eigenvalue weighted by Crippen LogP contribution is 2.29. The molecule has 25 heavy (non-hydrogen) atoms. The second kappa shape index (κ2) is 6.78. The van der Waals surface area contributed by atoms with E-state index in [1.54, 1.807) is 0 Å². The van der Waals surface area contributed by atoms with Crippen LogP contribution in [0.15, 0.2) is 24.3 Å². The van der Waals surface area contributed by atoms with Crippen molar-refractivity contribution in [1.82, 2.24) is 20.2 Å². The van der Waals surface area contributed by atoms with E-state index in [1.807, 2.05) is 45.0 Å². The summed E-state index contributed by atoms with van der Waals surface area (Å²) in [6.45, 7) is 6.07. The minimum atomic E-state index is -0.765. The number of hydrogen-bond donors (Lipinski definition) is 1. The van der Waals surface area contributed by atoms with Crippen LogP contribution in [-0.2, 0) is 11.3 Å². The summed E-state index contributed by atoms with van der Waals surface area (Å²) in [5.41, 5.74) is 2.21. The minimum Gasteiger partial charge on any atom is -0.323 e. The maximum absolute atomic E-state index is 13.0. The number of imide groups is 1. The van der Waals surface area contributed by atoms with Crippen LogP contribution in [0.1, 0.15) is 50.9 Å². The Labute approximate surface area is 147 Å². The average molecular weight is 340 g/mol. The molecule has 0 bridgehead atoms. The first-order chi connectivity index (χ1) is 12.0. The van der Waals surface area contributed by atoms with Gasteiger partial charge in [-0.15, -0.1) is 0 Å². The highest BCUT2D eigenvalue weighted by molar-refractivity contribution is 6.07. The lowest BCUT2D eigenvalue weighted by atomic mass is 9.88. The van der Waals surface area contributed by atoms with Crippen LogP contribution in [0, 0.1) is 6.92 Å². The fraction of sp³-hybridized carbons (Fsp3) is 0.474. The Balaban J connectivity index is 1.91. The molecule has 3 rings (SSSR count). The number of nitrogens with zero attached hydrogens (tertiary/aromatic N) is 3. The number of amides is 3. The topological polar surface area (TPSA) is 75.2 Å². The molecule has 0 saturated carbocycles. The van der Waals surface area contributed by atoms with Crippen molar-refractivity contribution < 1.29 is 9.59 Å². The first-order valence-electron chi connectivity index (χ1n) is 8.87. The Morgan fingerprint density at radius 1 is 1.04 bits per heavy atom. The molecule has 1 fully saturated rings. The van der Waals surface area contributed by atoms with E-state index >= 15 is 0 Å². The first-order valence-corrected chi connectivity index (χ1v) is 8.87. The monoisotopic (exact) mass is 340 g/mol. The minimum absolute atomic E-state index is 0.143. The Bertz CT molecular complexity index is 812. The molecule has 6 nitrogen and oxygen atoms in total. The second-order valence-corrected chi connectivity index (χ2v) is 6.65. The van der Waals surface area contributed by atoms with Gasteiger partial charge >= 0.3 is 6.03 Å². The molecule has 0 unspecified atom stereocenters. The third-order valence-corrected chi connectivity index (χ3v) is 4.75. The molecule has 0 radical (unpaired) electrons. The molecule has 1 aliphatic rings. The second-order valence-electron chi connectivity index (χ2n) is 6.65. The van der Waals surface area contributed by atoms with Crippen molar-refractivity contribution in [2.75, 3.05) is 0 Å². The number of benzene rings is 1. The number of aryl methyl sites for hydroxylation is 1. The maximum atomic E-state index is 13.0. The first kappa shape index (κ1) is 17.3. The van der Waals surface area contributed by atoms with Crippen LogP contribution in [0.25, 0.3) is 11.0 Å². The largest absolute Gasteiger partial charge is 0.325 e. The number of urea groups is 1. The van der Waals surface area contributed by atoms with Gasteiger partial charge in [0.25, 0.3) is 5.91 Å². The molecule has 0 atom stereocenters. The van der Waals surface area contributed by atoms with Gasteiger partial charge < -0.3 is 5.32 Å². The van der Waals surface area contributed by atoms with Gasteiger partial charge in [-0.3, -0.25) is 9.69 Å². The number of carbonyl (C=O) groups excluding carboxylic acids is 2. The molecular formula is C19H24N4O2. The predicted molar refractivity (Wildman–Crippen MR) is 95.9 cm³/mol. The average Bonchev–Trinajstić information content (AvgIpc) is 2.80. The SMILES string of the molecule is CCCC1(CCC)NC(=O)N(Cc2nc3ccccc3nc2C)C1=O. The summed E-state index contributed by atoms with van der Waals surface area (Å²) in [6, 6.07) is 7.27. The van der Waals surface area contributed by atoms with Crippen LogP contribution in [-0.4, -0.2) is 32.3 Å². The predicted octanol–water partition coefficient (Wildman–Crippen LogP) is 3.33. The summed E-state index contributed by atoms with van der Waals surface area (Å²) < 4.78 is 0. The molecule has 1 aromatic heterocycles. The van der Waals surface area contributed by atoms with Crippen LogP contribution in [0.4, 0.5) is 4.79 Å². The molecular weight excluding hydrogens is 316 g/mol. The number of para-hydroxylation sites is 2. The Morgan fingerprint density at radius 2 is 1.64 bits per heavy atom. The standard InChI is InChI=1S/C19H24N4O2/c1-4-10-19(11-5-2)17(24)23(18(25)22-19)12-16-13(3)20-14-8-6-7-9-15(14)21-16/h6-9H,4-5,10-12H2,1-3H3,(H,22,25). The van der Waals surface area contributed by atoms with E-state index in [-0.39, 0.29) is 18.5 Å². The van der Waals surface area contributed by atoms with Crippen LogP contribution < -0.4 is 5.32 Å². The van der Waals surface area contributed by atoms with Crippen molar-refractivity contribution in [2.24, 2.45) is 0 Å². The van der Waals surface area contributed by atoms with E-state index < -0.39 is 5.54 Å². The zero-order valence-electron chi connectivity index (χ0n) is 15.0. The lowest BCUT2D eigenvalue weighted by Gasteiger charge is -2.25. The van der Waals surface area contributed by atoms with E-state index in [9.17, 15) is 9.59 Å². The molecule has 0 aliphatic carbocycles. The molecule has 2 aromatic rings. The molecule has 1 N–H and O–H groups in total. The van der Waals surface area contributed by atoms with E-state index in [0.29, 0.717) is 18.5 Å². The zero-order valence-corrected chi connectivity index (χ0v) is 15.0. The summed E-state index contributed by atoms with van der Waals surface area (Å²) in [6.07, 6.45) is 3.00. The van der Waals surface area contributed by atoms with E-state index in [4.69, 9.17) is 0 Å². The van der Waals surface area contributed by atoms with Crippen LogP contribution in [0.2, 0.25) is 0 Å². The smallest absolute Gasteiger partial charge is 0.323 e. The molecule has 1 saturated heterocycles. The highest BCUT2D eigenvalue weighted by Gasteiger charge is 2.49. The molecule has 6 heteroatoms. The number of fused-ring (bicyclic) bond motifs is 1. The lowest BCUT2D eigenvalue weighted by Crippen LogP contribution is -2.46. The van der Waals surface area contributed by atoms with Gasteiger partial charge in [0.15, 0.2) is 0 Å². The summed E-state index contributed by atoms with van der Waals surface area (Å²) in [5.74, 6) is -0.143. The third kappa shape index (κ3) is 3.08. The van der Waals surface area contributed by atoms with Crippen LogP contribution in [0.5, 0.6) is 0 Å². The Hall–Kier alpha value is -2.50. The van der Waals surface area contributed by atoms with Crippen molar-refractivity contribution in [3.8, 4) is 0 Å². The van der Waals surface area contributed by atoms with E-state index in [1.165, 1.54) is 4.90 Å². The van der Waals surface area contributed by atoms with Gasteiger partial charge in [-0.2, -0.15) is 0 Å². The molecule has 1 aliphatic heterocycles. The molecule has 1 aromatic carbocycles. The highest BCUT2D eigenvalue weighted by atomic mass is 16.2. The number of aromatic nitrogens is 2. The van der Waals surface area contributed by atoms with Crippen molar-refractivity contribution in [1.29, 1.82) is 0 Å². The fourth-order valence-corrected chi connectivity index (χ4v) is 3.56. The fourth-order valence-electron chi connectivity index (χ4n) is 3.56. The Morgan fingerprint density at radius 3 is 2.24 bits per heavy atom. The van der Waals surface area contributed by atoms with Gasteiger partial charge in [-0.1, -0.05) is 38.8 Å². The lowest BCUT2D eigenvalue weighted by molar-refractivity contribution is -0.132. The summed E-state index contributed by atoms with van der Waals surface area (Å²) in [7, 11) is 0. The van der Waals surface area contributed by atoms with Crippen molar-refractivity contribution >= 4 is 23.0 Å². The number of nitrogens with one attached hydrogen (secondary N) is 1. The molecule has 0 spiro atoms. The van der Waals surface area contributed by atoms with Gasteiger partial charge in [0.2, 0.25) is 0 Å². The molecule has 132 valence electrons. The summed E-state index contributed by atoms with van der Waals surface area (Å²) >= 11 is 0. The third-order valence-electron chi connectivity index (χ3n) is 4.75. The van der Waals surface area contributed by atoms with Crippen molar-refractivity contribution in [3.63, 3.8) is 0 Å². The van der Waals surface area contributed by atoms with Gasteiger partial charge in [0.05, 0.1) is 29.0 Å². The number of rotatable bonds is 6. The van der Waals surface area contributed by atoms with Gasteiger partial charge in [-0.25, -0.2) is 14.8 Å². The van der Waals surface area contributed by atoms with Gasteiger partial charge in [0, 0.05) is 0 Å². The summed E-state index contributed by atoms with van der Waals surface area (Å²) in [5, 5.41) is 2.94. The van der Waals surface area contributed by atoms with E-state index in [2.05, 4.69) is 15.3 Å². The quantitative estimate of drug-likeness (QED) is 0.819. The zero-order chi connectivity index (χ0) is 18.0. The van der Waals surface area contributed by atoms with Crippen molar-refractivity contribution in [2.45, 2.75) is 58.5 Å². The van der Waals surface area contributed by atoms with Gasteiger partial charge in [0.1, 0.15) is 5.54 Å². The van der Waals surface area contributed by atoms with Crippen LogP contribution in [0.3, 0.4) is 0 Å². The number of hydrogen-bond acceptors (Lipinski definition) is 4. The van der Waals surface area contributed by atoms with Crippen LogP contribution >= 0.6 is 0 Å². The normalized spacial score (nSPS) is 16.5.